The molecule has 0 unspecified atom stereocenters. The first-order valence-electron chi connectivity index (χ1n) is 12.6. The first-order valence-corrected chi connectivity index (χ1v) is 12.6. The van der Waals surface area contributed by atoms with Crippen LogP contribution in [0.4, 0.5) is 0 Å². The summed E-state index contributed by atoms with van der Waals surface area (Å²) in [6.07, 6.45) is 3.34. The molecule has 0 spiro atoms. The zero-order valence-electron chi connectivity index (χ0n) is 22.0. The van der Waals surface area contributed by atoms with Crippen molar-refractivity contribution in [3.63, 3.8) is 0 Å². The first-order chi connectivity index (χ1) is 16.2. The van der Waals surface area contributed by atoms with E-state index in [2.05, 4.69) is 4.98 Å². The van der Waals surface area contributed by atoms with E-state index in [1.807, 2.05) is 26.8 Å². The Balaban J connectivity index is 1.86. The second kappa shape index (κ2) is 10.5. The molecule has 0 aliphatic carbocycles. The number of hydrogen-bond acceptors (Lipinski definition) is 8. The van der Waals surface area contributed by atoms with Crippen molar-refractivity contribution in [1.82, 2.24) is 4.98 Å². The largest absolute Gasteiger partial charge is 0.458 e. The maximum absolute atomic E-state index is 13.2. The number of esters is 1. The smallest absolute Gasteiger partial charge is 0.309 e. The molecule has 7 atom stereocenters. The van der Waals surface area contributed by atoms with Crippen LogP contribution in [0.25, 0.3) is 6.08 Å². The van der Waals surface area contributed by atoms with Gasteiger partial charge in [-0.15, -0.1) is 0 Å². The Morgan fingerprint density at radius 3 is 2.49 bits per heavy atom. The third kappa shape index (κ3) is 6.40. The number of fused-ring (bicyclic) bond motifs is 1. The van der Waals surface area contributed by atoms with Crippen molar-refractivity contribution in [2.24, 2.45) is 17.3 Å². The van der Waals surface area contributed by atoms with E-state index in [9.17, 15) is 19.8 Å². The molecule has 1 aromatic heterocycles. The number of aliphatic hydroxyl groups excluding tert-OH is 2. The Bertz CT molecular complexity index is 951. The molecule has 3 heterocycles. The van der Waals surface area contributed by atoms with Gasteiger partial charge in [-0.25, -0.2) is 4.98 Å². The fourth-order valence-corrected chi connectivity index (χ4v) is 5.09. The summed E-state index contributed by atoms with van der Waals surface area (Å²) in [6.45, 7) is 12.5. The topological polar surface area (TPSA) is 122 Å². The second-order valence-electron chi connectivity index (χ2n) is 11.3. The molecule has 8 nitrogen and oxygen atoms in total. The molecule has 2 N–H and O–H groups in total. The highest BCUT2D eigenvalue weighted by Gasteiger charge is 2.53. The van der Waals surface area contributed by atoms with Crippen molar-refractivity contribution in [1.29, 1.82) is 0 Å². The van der Waals surface area contributed by atoms with Gasteiger partial charge in [-0.1, -0.05) is 34.1 Å². The summed E-state index contributed by atoms with van der Waals surface area (Å²) in [6, 6.07) is 0. The number of rotatable bonds is 2. The van der Waals surface area contributed by atoms with E-state index in [4.69, 9.17) is 13.9 Å². The third-order valence-corrected chi connectivity index (χ3v) is 7.88. The fourth-order valence-electron chi connectivity index (χ4n) is 5.09. The number of nitrogens with zero attached hydrogens (tertiary/aromatic N) is 1. The van der Waals surface area contributed by atoms with Gasteiger partial charge in [-0.3, -0.25) is 9.59 Å². The van der Waals surface area contributed by atoms with E-state index < -0.39 is 41.2 Å². The quantitative estimate of drug-likeness (QED) is 0.470. The van der Waals surface area contributed by atoms with Crippen LogP contribution in [0, 0.1) is 24.2 Å². The molecular weight excluding hydrogens is 450 g/mol. The molecule has 2 aliphatic heterocycles. The average molecular weight is 492 g/mol. The monoisotopic (exact) mass is 491 g/mol. The van der Waals surface area contributed by atoms with Gasteiger partial charge in [0, 0.05) is 19.3 Å². The highest BCUT2D eigenvalue weighted by atomic mass is 16.6. The molecule has 2 aliphatic rings. The Kier molecular flexibility index (Phi) is 8.29. The molecule has 1 aromatic rings. The minimum absolute atomic E-state index is 0.0339. The lowest BCUT2D eigenvalue weighted by atomic mass is 9.73. The Morgan fingerprint density at radius 1 is 1.17 bits per heavy atom. The zero-order chi connectivity index (χ0) is 26.1. The van der Waals surface area contributed by atoms with Crippen molar-refractivity contribution in [3.8, 4) is 0 Å². The van der Waals surface area contributed by atoms with Gasteiger partial charge in [-0.2, -0.15) is 0 Å². The maximum atomic E-state index is 13.2. The van der Waals surface area contributed by atoms with E-state index in [-0.39, 0.29) is 24.2 Å². The summed E-state index contributed by atoms with van der Waals surface area (Å²) < 4.78 is 17.2. The van der Waals surface area contributed by atoms with E-state index in [0.717, 1.165) is 24.8 Å². The van der Waals surface area contributed by atoms with Crippen molar-refractivity contribution >= 4 is 17.8 Å². The minimum Gasteiger partial charge on any atom is -0.458 e. The summed E-state index contributed by atoms with van der Waals surface area (Å²) in [5.41, 5.74) is -0.223. The molecular formula is C27H41NO7. The number of Topliss-reactive ketones (excluding diaryl/α,β-unsaturated/α-hetero) is 1. The lowest BCUT2D eigenvalue weighted by Crippen LogP contribution is -2.45. The van der Waals surface area contributed by atoms with Gasteiger partial charge in [-0.05, 0) is 44.3 Å². The van der Waals surface area contributed by atoms with Crippen LogP contribution in [0.2, 0.25) is 0 Å². The molecule has 0 saturated carbocycles. The molecule has 196 valence electrons. The van der Waals surface area contributed by atoms with E-state index >= 15 is 0 Å². The number of aryl methyl sites for hydroxylation is 1. The lowest BCUT2D eigenvalue weighted by Gasteiger charge is -2.34. The highest BCUT2D eigenvalue weighted by Crippen LogP contribution is 2.45. The summed E-state index contributed by atoms with van der Waals surface area (Å²) in [5, 5.41) is 21.7. The van der Waals surface area contributed by atoms with Crippen LogP contribution in [0.15, 0.2) is 16.3 Å². The van der Waals surface area contributed by atoms with Gasteiger partial charge in [0.05, 0.1) is 35.7 Å². The fraction of sp³-hybridized carbons (Fsp3) is 0.741. The van der Waals surface area contributed by atoms with Gasteiger partial charge in [0.2, 0.25) is 0 Å². The highest BCUT2D eigenvalue weighted by molar-refractivity contribution is 5.88. The van der Waals surface area contributed by atoms with Crippen LogP contribution in [0.1, 0.15) is 85.2 Å². The number of hydrogen-bond donors (Lipinski definition) is 2. The Labute approximate surface area is 208 Å². The van der Waals surface area contributed by atoms with Crippen LogP contribution in [-0.2, 0) is 19.1 Å². The van der Waals surface area contributed by atoms with Crippen molar-refractivity contribution in [3.05, 3.63) is 23.4 Å². The van der Waals surface area contributed by atoms with E-state index in [1.54, 1.807) is 34.0 Å². The summed E-state index contributed by atoms with van der Waals surface area (Å²) in [7, 11) is 0. The number of ether oxygens (including phenoxy) is 2. The van der Waals surface area contributed by atoms with Gasteiger partial charge >= 0.3 is 5.97 Å². The Hall–Kier alpha value is -2.03. The minimum atomic E-state index is -1.25. The van der Waals surface area contributed by atoms with Gasteiger partial charge < -0.3 is 24.1 Å². The normalized spacial score (nSPS) is 37.5. The van der Waals surface area contributed by atoms with Crippen molar-refractivity contribution in [2.75, 3.05) is 0 Å². The SMILES string of the molecule is CC(=Cc1coc(C)n1)[C@@H]1C[C@]2(C)O[C@H]2CCC[C@H](C)[C@H](O)[C@@H](C)C(=O)C(C)(C)[C@@H](O)CC(=O)O1. The van der Waals surface area contributed by atoms with Crippen molar-refractivity contribution in [2.45, 2.75) is 111 Å². The van der Waals surface area contributed by atoms with Crippen LogP contribution in [0.5, 0.6) is 0 Å². The molecule has 0 bridgehead atoms. The molecule has 3 rings (SSSR count). The maximum Gasteiger partial charge on any atom is 0.309 e. The molecule has 0 amide bonds. The number of epoxide rings is 1. The number of oxazole rings is 1. The molecule has 2 saturated heterocycles. The summed E-state index contributed by atoms with van der Waals surface area (Å²) in [4.78, 5) is 30.4. The standard InChI is InChI=1S/C27H41NO7/c1-15-9-8-10-22-27(7,35-22)13-20(16(2)11-19-14-33-18(4)28-19)34-23(30)12-21(29)26(5,6)25(32)17(3)24(15)31/h11,14-15,17,20-22,24,29,31H,8-10,12-13H2,1-7H3/t15-,17+,20-,21-,22-,24-,27-/m0/s1. The first kappa shape index (κ1) is 27.6. The van der Waals surface area contributed by atoms with Crippen molar-refractivity contribution < 1.29 is 33.7 Å². The van der Waals surface area contributed by atoms with Crippen LogP contribution >= 0.6 is 0 Å². The predicted molar refractivity (Wildman–Crippen MR) is 130 cm³/mol. The van der Waals surface area contributed by atoms with Crippen LogP contribution in [0.3, 0.4) is 0 Å². The number of carbonyl (C=O) groups is 2. The second-order valence-corrected chi connectivity index (χ2v) is 11.3. The summed E-state index contributed by atoms with van der Waals surface area (Å²) in [5.74, 6) is -1.06. The third-order valence-electron chi connectivity index (χ3n) is 7.88. The molecule has 8 heteroatoms. The number of ketones is 1. The van der Waals surface area contributed by atoms with E-state index in [0.29, 0.717) is 18.0 Å². The molecule has 0 aromatic carbocycles. The predicted octanol–water partition coefficient (Wildman–Crippen LogP) is 4.01. The average Bonchev–Trinajstić information content (AvgIpc) is 3.23. The number of aliphatic hydroxyl groups is 2. The number of aromatic nitrogens is 1. The number of carbonyl (C=O) groups excluding carboxylic acids is 2. The molecule has 0 radical (unpaired) electrons. The molecule has 2 fully saturated rings. The van der Waals surface area contributed by atoms with Gasteiger partial charge in [0.15, 0.2) is 5.89 Å². The lowest BCUT2D eigenvalue weighted by molar-refractivity contribution is -0.154. The zero-order valence-corrected chi connectivity index (χ0v) is 22.0. The van der Waals surface area contributed by atoms with E-state index in [1.165, 1.54) is 0 Å². The van der Waals surface area contributed by atoms with Crippen LogP contribution < -0.4 is 0 Å². The van der Waals surface area contributed by atoms with Gasteiger partial charge in [0.25, 0.3) is 0 Å². The Morgan fingerprint density at radius 2 is 1.86 bits per heavy atom. The van der Waals surface area contributed by atoms with Gasteiger partial charge in [0.1, 0.15) is 23.8 Å². The van der Waals surface area contributed by atoms with Crippen LogP contribution in [-0.4, -0.2) is 57.0 Å². The molecule has 35 heavy (non-hydrogen) atoms. The number of cyclic esters (lactones) is 1. The summed E-state index contributed by atoms with van der Waals surface area (Å²) >= 11 is 0.